The summed E-state index contributed by atoms with van der Waals surface area (Å²) in [7, 11) is 3.16. The predicted molar refractivity (Wildman–Crippen MR) is 52.0 cm³/mol. The van der Waals surface area contributed by atoms with Gasteiger partial charge >= 0.3 is 5.97 Å². The highest BCUT2D eigenvalue weighted by Crippen LogP contribution is 2.06. The number of carbonyl (C=O) groups excluding carboxylic acids is 1. The first-order chi connectivity index (χ1) is 6.19. The molecular weight excluding hydrogens is 236 g/mol. The summed E-state index contributed by atoms with van der Waals surface area (Å²) in [5, 5.41) is 4.88. The smallest absolute Gasteiger partial charge is 0.358 e. The van der Waals surface area contributed by atoms with Crippen LogP contribution in [0.25, 0.3) is 0 Å². The molecule has 0 aliphatic heterocycles. The molecule has 0 aliphatic rings. The Morgan fingerprint density at radius 3 is 3.00 bits per heavy atom. The normalized spacial score (nSPS) is 10.1. The van der Waals surface area contributed by atoms with Crippen LogP contribution in [-0.2, 0) is 18.2 Å². The fraction of sp³-hybridized carbons (Fsp3) is 0.500. The van der Waals surface area contributed by atoms with Gasteiger partial charge in [0.25, 0.3) is 0 Å². The second-order valence-corrected chi connectivity index (χ2v) is 3.37. The van der Waals surface area contributed by atoms with Crippen LogP contribution in [0, 0.1) is 0 Å². The molecule has 0 N–H and O–H groups in total. The Morgan fingerprint density at radius 1 is 1.77 bits per heavy atom. The zero-order chi connectivity index (χ0) is 9.84. The molecule has 1 aromatic heterocycles. The summed E-state index contributed by atoms with van der Waals surface area (Å²) in [6.07, 6.45) is 0.848. The van der Waals surface area contributed by atoms with Crippen molar-refractivity contribution in [2.45, 2.75) is 6.42 Å². The predicted octanol–water partition coefficient (Wildman–Crippen LogP) is 1.14. The van der Waals surface area contributed by atoms with Crippen LogP contribution in [-0.4, -0.2) is 28.2 Å². The molecule has 13 heavy (non-hydrogen) atoms. The lowest BCUT2D eigenvalue weighted by Crippen LogP contribution is -2.03. The summed E-state index contributed by atoms with van der Waals surface area (Å²) >= 11 is 3.33. The minimum Gasteiger partial charge on any atom is -0.464 e. The van der Waals surface area contributed by atoms with E-state index in [1.807, 2.05) is 7.05 Å². The molecule has 0 bridgehead atoms. The highest BCUT2D eigenvalue weighted by molar-refractivity contribution is 9.09. The molecule has 1 aromatic rings. The fourth-order valence-electron chi connectivity index (χ4n) is 1.04. The third-order valence-electron chi connectivity index (χ3n) is 1.72. The topological polar surface area (TPSA) is 44.1 Å². The highest BCUT2D eigenvalue weighted by Gasteiger charge is 2.11. The number of hydrogen-bond donors (Lipinski definition) is 0. The lowest BCUT2D eigenvalue weighted by atomic mass is 10.3. The number of aryl methyl sites for hydroxylation is 2. The van der Waals surface area contributed by atoms with E-state index in [2.05, 4.69) is 25.8 Å². The molecule has 4 nitrogen and oxygen atoms in total. The lowest BCUT2D eigenvalue weighted by Gasteiger charge is -1.95. The van der Waals surface area contributed by atoms with E-state index in [9.17, 15) is 4.79 Å². The average Bonchev–Trinajstić information content (AvgIpc) is 2.47. The summed E-state index contributed by atoms with van der Waals surface area (Å²) < 4.78 is 6.24. The molecule has 72 valence electrons. The van der Waals surface area contributed by atoms with Crippen LogP contribution in [0.5, 0.6) is 0 Å². The molecule has 1 heterocycles. The Hall–Kier alpha value is -0.840. The number of alkyl halides is 1. The molecule has 0 aromatic carbocycles. The standard InChI is InChI=1S/C8H11BrN2O2/c1-11-6(3-4-9)5-7(10-11)8(12)13-2/h5H,3-4H2,1-2H3. The summed E-state index contributed by atoms with van der Waals surface area (Å²) in [6.45, 7) is 0. The van der Waals surface area contributed by atoms with Gasteiger partial charge in [-0.15, -0.1) is 0 Å². The van der Waals surface area contributed by atoms with Crippen molar-refractivity contribution in [1.29, 1.82) is 0 Å². The Balaban J connectivity index is 2.88. The van der Waals surface area contributed by atoms with Gasteiger partial charge < -0.3 is 4.74 Å². The average molecular weight is 247 g/mol. The van der Waals surface area contributed by atoms with Gasteiger partial charge in [0.1, 0.15) is 0 Å². The maximum absolute atomic E-state index is 11.1. The fourth-order valence-corrected chi connectivity index (χ4v) is 1.45. The SMILES string of the molecule is COC(=O)c1cc(CCBr)n(C)n1. The molecule has 0 radical (unpaired) electrons. The number of halogens is 1. The number of carbonyl (C=O) groups is 1. The van der Waals surface area contributed by atoms with Gasteiger partial charge in [-0.25, -0.2) is 4.79 Å². The Kier molecular flexibility index (Phi) is 3.48. The molecule has 5 heteroatoms. The highest BCUT2D eigenvalue weighted by atomic mass is 79.9. The van der Waals surface area contributed by atoms with Crippen molar-refractivity contribution >= 4 is 21.9 Å². The second-order valence-electron chi connectivity index (χ2n) is 2.58. The third kappa shape index (κ3) is 2.30. The van der Waals surface area contributed by atoms with Gasteiger partial charge in [-0.2, -0.15) is 5.10 Å². The van der Waals surface area contributed by atoms with E-state index in [0.29, 0.717) is 5.69 Å². The van der Waals surface area contributed by atoms with Crippen LogP contribution < -0.4 is 0 Å². The van der Waals surface area contributed by atoms with Crippen molar-refractivity contribution in [3.63, 3.8) is 0 Å². The van der Waals surface area contributed by atoms with Crippen molar-refractivity contribution in [2.75, 3.05) is 12.4 Å². The van der Waals surface area contributed by atoms with E-state index in [1.165, 1.54) is 7.11 Å². The van der Waals surface area contributed by atoms with Crippen LogP contribution >= 0.6 is 15.9 Å². The molecule has 0 amide bonds. The number of esters is 1. The third-order valence-corrected chi connectivity index (χ3v) is 2.12. The first-order valence-electron chi connectivity index (χ1n) is 3.86. The Morgan fingerprint density at radius 2 is 2.46 bits per heavy atom. The van der Waals surface area contributed by atoms with E-state index in [1.54, 1.807) is 10.7 Å². The number of rotatable bonds is 3. The van der Waals surface area contributed by atoms with Crippen LogP contribution in [0.2, 0.25) is 0 Å². The van der Waals surface area contributed by atoms with Gasteiger partial charge in [0.05, 0.1) is 7.11 Å². The number of nitrogens with zero attached hydrogens (tertiary/aromatic N) is 2. The number of hydrogen-bond acceptors (Lipinski definition) is 3. The number of methoxy groups -OCH3 is 1. The minimum atomic E-state index is -0.392. The minimum absolute atomic E-state index is 0.362. The van der Waals surface area contributed by atoms with Gasteiger partial charge in [0, 0.05) is 18.1 Å². The Bertz CT molecular complexity index is 309. The van der Waals surface area contributed by atoms with E-state index >= 15 is 0 Å². The van der Waals surface area contributed by atoms with Crippen molar-refractivity contribution in [1.82, 2.24) is 9.78 Å². The quantitative estimate of drug-likeness (QED) is 0.594. The number of ether oxygens (including phenoxy) is 1. The molecule has 0 saturated heterocycles. The monoisotopic (exact) mass is 246 g/mol. The van der Waals surface area contributed by atoms with Crippen molar-refractivity contribution in [3.05, 3.63) is 17.5 Å². The van der Waals surface area contributed by atoms with E-state index in [4.69, 9.17) is 0 Å². The molecular formula is C8H11BrN2O2. The maximum atomic E-state index is 11.1. The lowest BCUT2D eigenvalue weighted by molar-refractivity contribution is 0.0593. The van der Waals surface area contributed by atoms with Crippen molar-refractivity contribution < 1.29 is 9.53 Å². The van der Waals surface area contributed by atoms with Crippen LogP contribution in [0.1, 0.15) is 16.2 Å². The molecule has 0 unspecified atom stereocenters. The first-order valence-corrected chi connectivity index (χ1v) is 4.98. The van der Waals surface area contributed by atoms with Crippen LogP contribution in [0.4, 0.5) is 0 Å². The van der Waals surface area contributed by atoms with E-state index in [-0.39, 0.29) is 0 Å². The molecule has 0 aliphatic carbocycles. The first kappa shape index (κ1) is 10.2. The summed E-state index contributed by atoms with van der Waals surface area (Å²) in [5.74, 6) is -0.392. The molecule has 0 fully saturated rings. The van der Waals surface area contributed by atoms with Gasteiger partial charge in [0.2, 0.25) is 0 Å². The molecule has 1 rings (SSSR count). The van der Waals surface area contributed by atoms with Crippen LogP contribution in [0.3, 0.4) is 0 Å². The van der Waals surface area contributed by atoms with Gasteiger partial charge in [0.15, 0.2) is 5.69 Å². The summed E-state index contributed by atoms with van der Waals surface area (Å²) in [6, 6.07) is 1.74. The molecule has 0 saturated carbocycles. The number of aromatic nitrogens is 2. The van der Waals surface area contributed by atoms with Gasteiger partial charge in [-0.3, -0.25) is 4.68 Å². The van der Waals surface area contributed by atoms with E-state index in [0.717, 1.165) is 17.4 Å². The Labute approximate surface area is 85.0 Å². The van der Waals surface area contributed by atoms with Gasteiger partial charge in [-0.05, 0) is 12.5 Å². The summed E-state index contributed by atoms with van der Waals surface area (Å²) in [4.78, 5) is 11.1. The maximum Gasteiger partial charge on any atom is 0.358 e. The summed E-state index contributed by atoms with van der Waals surface area (Å²) in [5.41, 5.74) is 1.37. The van der Waals surface area contributed by atoms with E-state index < -0.39 is 5.97 Å². The largest absolute Gasteiger partial charge is 0.464 e. The van der Waals surface area contributed by atoms with Crippen molar-refractivity contribution in [3.8, 4) is 0 Å². The van der Waals surface area contributed by atoms with Crippen LogP contribution in [0.15, 0.2) is 6.07 Å². The zero-order valence-corrected chi connectivity index (χ0v) is 9.17. The van der Waals surface area contributed by atoms with Crippen molar-refractivity contribution in [2.24, 2.45) is 7.05 Å². The zero-order valence-electron chi connectivity index (χ0n) is 7.58. The second kappa shape index (κ2) is 4.41. The molecule has 0 spiro atoms. The van der Waals surface area contributed by atoms with Gasteiger partial charge in [-0.1, -0.05) is 15.9 Å². The molecule has 0 atom stereocenters.